The van der Waals surface area contributed by atoms with Crippen LogP contribution in [0.1, 0.15) is 46.0 Å². The van der Waals surface area contributed by atoms with Gasteiger partial charge in [-0.05, 0) is 17.7 Å². The molecule has 0 atom stereocenters. The van der Waals surface area contributed by atoms with Gasteiger partial charge in [-0.25, -0.2) is 4.98 Å². The highest BCUT2D eigenvalue weighted by Crippen LogP contribution is 2.34. The van der Waals surface area contributed by atoms with Crippen molar-refractivity contribution in [3.8, 4) is 11.1 Å². The summed E-state index contributed by atoms with van der Waals surface area (Å²) in [5.74, 6) is 0. The first-order valence-corrected chi connectivity index (χ1v) is 10.2. The van der Waals surface area contributed by atoms with Crippen LogP contribution in [-0.4, -0.2) is 4.98 Å². The number of benzene rings is 3. The molecule has 0 aliphatic carbocycles. The second kappa shape index (κ2) is 9.87. The molecule has 138 valence electrons. The highest BCUT2D eigenvalue weighted by atomic mass is 14.7. The van der Waals surface area contributed by atoms with E-state index in [4.69, 9.17) is 4.98 Å². The van der Waals surface area contributed by atoms with Crippen LogP contribution in [0.3, 0.4) is 0 Å². The molecule has 4 aromatic rings. The van der Waals surface area contributed by atoms with Gasteiger partial charge in [-0.3, -0.25) is 0 Å². The molecule has 0 unspecified atom stereocenters. The third kappa shape index (κ3) is 4.74. The maximum atomic E-state index is 4.76. The van der Waals surface area contributed by atoms with Crippen LogP contribution in [0.25, 0.3) is 32.9 Å². The SMILES string of the molecule is CCCCCCC.c1ccc(-c2c3ccccc3nc3ccccc23)cc1. The molecule has 1 aromatic heterocycles. The van der Waals surface area contributed by atoms with Crippen molar-refractivity contribution < 1.29 is 0 Å². The van der Waals surface area contributed by atoms with Crippen molar-refractivity contribution in [1.29, 1.82) is 0 Å². The summed E-state index contributed by atoms with van der Waals surface area (Å²) in [5, 5.41) is 2.41. The molecule has 27 heavy (non-hydrogen) atoms. The number of unbranched alkanes of at least 4 members (excludes halogenated alkanes) is 4. The zero-order chi connectivity index (χ0) is 18.9. The fourth-order valence-electron chi connectivity index (χ4n) is 3.43. The van der Waals surface area contributed by atoms with E-state index in [1.54, 1.807) is 0 Å². The third-order valence-electron chi connectivity index (χ3n) is 4.86. The lowest BCUT2D eigenvalue weighted by molar-refractivity contribution is 0.656. The molecular formula is C26H29N. The summed E-state index contributed by atoms with van der Waals surface area (Å²) in [5.41, 5.74) is 4.60. The smallest absolute Gasteiger partial charge is 0.0715 e. The van der Waals surface area contributed by atoms with Gasteiger partial charge in [-0.1, -0.05) is 113 Å². The summed E-state index contributed by atoms with van der Waals surface area (Å²) in [6.45, 7) is 4.49. The molecule has 0 aliphatic rings. The van der Waals surface area contributed by atoms with Crippen molar-refractivity contribution in [2.75, 3.05) is 0 Å². The Balaban J connectivity index is 0.000000260. The Hall–Kier alpha value is -2.67. The number of hydrogen-bond acceptors (Lipinski definition) is 1. The van der Waals surface area contributed by atoms with Crippen molar-refractivity contribution >= 4 is 21.8 Å². The summed E-state index contributed by atoms with van der Waals surface area (Å²) >= 11 is 0. The van der Waals surface area contributed by atoms with Gasteiger partial charge < -0.3 is 0 Å². The van der Waals surface area contributed by atoms with Gasteiger partial charge in [0.25, 0.3) is 0 Å². The first-order valence-electron chi connectivity index (χ1n) is 10.2. The minimum atomic E-state index is 1.05. The number of fused-ring (bicyclic) bond motifs is 2. The van der Waals surface area contributed by atoms with Crippen LogP contribution in [0.2, 0.25) is 0 Å². The third-order valence-corrected chi connectivity index (χ3v) is 4.86. The first kappa shape index (κ1) is 19.1. The molecular weight excluding hydrogens is 326 g/mol. The Morgan fingerprint density at radius 1 is 0.556 bits per heavy atom. The van der Waals surface area contributed by atoms with Crippen LogP contribution in [-0.2, 0) is 0 Å². The Morgan fingerprint density at radius 2 is 1.04 bits per heavy atom. The van der Waals surface area contributed by atoms with E-state index in [9.17, 15) is 0 Å². The predicted molar refractivity (Wildman–Crippen MR) is 119 cm³/mol. The standard InChI is InChI=1S/C19H13N.C7H16/c1-2-8-14(9-3-1)19-15-10-4-6-12-17(15)20-18-13-7-5-11-16(18)19;1-3-5-7-6-4-2/h1-13H;3-7H2,1-2H3. The van der Waals surface area contributed by atoms with Gasteiger partial charge in [-0.2, -0.15) is 0 Å². The molecule has 4 rings (SSSR count). The van der Waals surface area contributed by atoms with Gasteiger partial charge in [0, 0.05) is 16.3 Å². The van der Waals surface area contributed by atoms with Crippen molar-refractivity contribution in [3.05, 3.63) is 78.9 Å². The van der Waals surface area contributed by atoms with Crippen molar-refractivity contribution in [2.45, 2.75) is 46.0 Å². The summed E-state index contributed by atoms with van der Waals surface area (Å²) in [6.07, 6.45) is 7.01. The topological polar surface area (TPSA) is 12.9 Å². The molecule has 0 aliphatic heterocycles. The van der Waals surface area contributed by atoms with Gasteiger partial charge in [0.2, 0.25) is 0 Å². The summed E-state index contributed by atoms with van der Waals surface area (Å²) in [7, 11) is 0. The van der Waals surface area contributed by atoms with Crippen LogP contribution >= 0.6 is 0 Å². The number of pyridine rings is 1. The average molecular weight is 356 g/mol. The Bertz CT molecular complexity index is 915. The molecule has 0 fully saturated rings. The van der Waals surface area contributed by atoms with E-state index in [0.29, 0.717) is 0 Å². The first-order chi connectivity index (χ1) is 13.3. The normalized spacial score (nSPS) is 10.6. The Labute approximate surface area is 163 Å². The molecule has 0 saturated carbocycles. The maximum Gasteiger partial charge on any atom is 0.0715 e. The summed E-state index contributed by atoms with van der Waals surface area (Å²) in [6, 6.07) is 27.2. The number of hydrogen-bond donors (Lipinski definition) is 0. The number of rotatable bonds is 5. The Morgan fingerprint density at radius 3 is 1.56 bits per heavy atom. The molecule has 0 radical (unpaired) electrons. The van der Waals surface area contributed by atoms with Crippen LogP contribution in [0.5, 0.6) is 0 Å². The van der Waals surface area contributed by atoms with E-state index in [1.165, 1.54) is 54.0 Å². The summed E-state index contributed by atoms with van der Waals surface area (Å²) < 4.78 is 0. The van der Waals surface area contributed by atoms with Crippen LogP contribution in [0.4, 0.5) is 0 Å². The minimum absolute atomic E-state index is 1.05. The zero-order valence-corrected chi connectivity index (χ0v) is 16.5. The van der Waals surface area contributed by atoms with Crippen LogP contribution < -0.4 is 0 Å². The molecule has 1 nitrogen and oxygen atoms in total. The summed E-state index contributed by atoms with van der Waals surface area (Å²) in [4.78, 5) is 4.76. The van der Waals surface area contributed by atoms with Gasteiger partial charge >= 0.3 is 0 Å². The van der Waals surface area contributed by atoms with E-state index in [1.807, 2.05) is 12.1 Å². The van der Waals surface area contributed by atoms with Crippen molar-refractivity contribution in [1.82, 2.24) is 4.98 Å². The molecule has 1 heterocycles. The highest BCUT2D eigenvalue weighted by Gasteiger charge is 2.09. The highest BCUT2D eigenvalue weighted by molar-refractivity contribution is 6.09. The molecule has 0 amide bonds. The number of nitrogens with zero attached hydrogens (tertiary/aromatic N) is 1. The molecule has 0 spiro atoms. The van der Waals surface area contributed by atoms with Crippen molar-refractivity contribution in [2.24, 2.45) is 0 Å². The minimum Gasteiger partial charge on any atom is -0.248 e. The van der Waals surface area contributed by atoms with Gasteiger partial charge in [0.1, 0.15) is 0 Å². The van der Waals surface area contributed by atoms with E-state index >= 15 is 0 Å². The number of para-hydroxylation sites is 2. The van der Waals surface area contributed by atoms with Gasteiger partial charge in [-0.15, -0.1) is 0 Å². The lowest BCUT2D eigenvalue weighted by Gasteiger charge is -2.10. The zero-order valence-electron chi connectivity index (χ0n) is 16.5. The van der Waals surface area contributed by atoms with Crippen LogP contribution in [0, 0.1) is 0 Å². The van der Waals surface area contributed by atoms with Gasteiger partial charge in [0.05, 0.1) is 11.0 Å². The van der Waals surface area contributed by atoms with E-state index in [-0.39, 0.29) is 0 Å². The van der Waals surface area contributed by atoms with Crippen LogP contribution in [0.15, 0.2) is 78.9 Å². The second-order valence-corrected chi connectivity index (χ2v) is 6.95. The van der Waals surface area contributed by atoms with Crippen molar-refractivity contribution in [3.63, 3.8) is 0 Å². The largest absolute Gasteiger partial charge is 0.248 e. The monoisotopic (exact) mass is 355 g/mol. The molecule has 0 saturated heterocycles. The quantitative estimate of drug-likeness (QED) is 0.261. The molecule has 3 aromatic carbocycles. The average Bonchev–Trinajstić information content (AvgIpc) is 2.73. The lowest BCUT2D eigenvalue weighted by atomic mass is 9.96. The lowest BCUT2D eigenvalue weighted by Crippen LogP contribution is -1.88. The molecule has 0 N–H and O–H groups in total. The molecule has 0 bridgehead atoms. The fraction of sp³-hybridized carbons (Fsp3) is 0.269. The van der Waals surface area contributed by atoms with E-state index in [2.05, 4.69) is 80.6 Å². The maximum absolute atomic E-state index is 4.76. The Kier molecular flexibility index (Phi) is 6.98. The second-order valence-electron chi connectivity index (χ2n) is 6.95. The van der Waals surface area contributed by atoms with Gasteiger partial charge in [0.15, 0.2) is 0 Å². The fourth-order valence-corrected chi connectivity index (χ4v) is 3.43. The van der Waals surface area contributed by atoms with E-state index < -0.39 is 0 Å². The predicted octanol–water partition coefficient (Wildman–Crippen LogP) is 8.03. The number of aromatic nitrogens is 1. The van der Waals surface area contributed by atoms with E-state index in [0.717, 1.165) is 11.0 Å². The molecule has 1 heteroatoms.